The second-order valence-corrected chi connectivity index (χ2v) is 7.63. The monoisotopic (exact) mass is 390 g/mol. The maximum atomic E-state index is 13.3. The van der Waals surface area contributed by atoms with Gasteiger partial charge in [0.15, 0.2) is 11.5 Å². The molecule has 0 spiro atoms. The third-order valence-corrected chi connectivity index (χ3v) is 5.54. The van der Waals surface area contributed by atoms with E-state index in [1.165, 1.54) is 6.20 Å². The van der Waals surface area contributed by atoms with Crippen molar-refractivity contribution in [3.63, 3.8) is 0 Å². The first-order valence-electron chi connectivity index (χ1n) is 9.67. The number of benzene rings is 1. The van der Waals surface area contributed by atoms with E-state index in [4.69, 9.17) is 11.0 Å². The first-order valence-corrected chi connectivity index (χ1v) is 9.67. The zero-order chi connectivity index (χ0) is 20.5. The number of hydrogen-bond acceptors (Lipinski definition) is 6. The van der Waals surface area contributed by atoms with Crippen molar-refractivity contribution in [2.24, 2.45) is 5.92 Å². The van der Waals surface area contributed by atoms with Crippen LogP contribution in [-0.4, -0.2) is 57.8 Å². The van der Waals surface area contributed by atoms with Gasteiger partial charge in [-0.1, -0.05) is 25.0 Å². The Bertz CT molecular complexity index is 1010. The summed E-state index contributed by atoms with van der Waals surface area (Å²) in [4.78, 5) is 37.6. The summed E-state index contributed by atoms with van der Waals surface area (Å²) in [7, 11) is 1.79. The van der Waals surface area contributed by atoms with Crippen LogP contribution < -0.4 is 5.73 Å². The zero-order valence-electron chi connectivity index (χ0n) is 16.2. The molecule has 1 aliphatic carbocycles. The van der Waals surface area contributed by atoms with Gasteiger partial charge in [-0.25, -0.2) is 9.97 Å². The van der Waals surface area contributed by atoms with E-state index in [0.29, 0.717) is 35.8 Å². The van der Waals surface area contributed by atoms with Crippen LogP contribution in [0.5, 0.6) is 0 Å². The molecule has 1 aromatic heterocycles. The molecule has 1 aromatic carbocycles. The summed E-state index contributed by atoms with van der Waals surface area (Å²) in [6.07, 6.45) is 4.46. The third kappa shape index (κ3) is 3.76. The molecular formula is C21H22N6O2. The number of piperazine rings is 1. The molecule has 2 aromatic rings. The van der Waals surface area contributed by atoms with Crippen LogP contribution in [0.2, 0.25) is 0 Å². The van der Waals surface area contributed by atoms with Crippen molar-refractivity contribution < 1.29 is 9.59 Å². The Morgan fingerprint density at radius 3 is 2.86 bits per heavy atom. The summed E-state index contributed by atoms with van der Waals surface area (Å²) in [5, 5.41) is 9.13. The van der Waals surface area contributed by atoms with Crippen molar-refractivity contribution in [2.45, 2.75) is 25.3 Å². The Kier molecular flexibility index (Phi) is 4.89. The van der Waals surface area contributed by atoms with Gasteiger partial charge in [-0.2, -0.15) is 5.26 Å². The lowest BCUT2D eigenvalue weighted by Gasteiger charge is -2.39. The van der Waals surface area contributed by atoms with Gasteiger partial charge in [0.05, 0.1) is 11.9 Å². The first kappa shape index (κ1) is 18.9. The van der Waals surface area contributed by atoms with Crippen molar-refractivity contribution in [2.75, 3.05) is 25.9 Å². The molecule has 0 unspecified atom stereocenters. The number of carbonyl (C=O) groups is 2. The van der Waals surface area contributed by atoms with Crippen molar-refractivity contribution in [1.29, 1.82) is 5.26 Å². The van der Waals surface area contributed by atoms with Gasteiger partial charge in [0.2, 0.25) is 5.91 Å². The van der Waals surface area contributed by atoms with E-state index in [1.807, 2.05) is 6.07 Å². The normalized spacial score (nSPS) is 19.2. The lowest BCUT2D eigenvalue weighted by molar-refractivity contribution is -0.139. The SMILES string of the molecule is CN1CCN(C(=O)c2cccc(-c3cnc(N)c(C#N)n3)c2)[C@H](CC2CC2)C1=O. The predicted octanol–water partition coefficient (Wildman–Crippen LogP) is 1.68. The Hall–Kier alpha value is -3.47. The van der Waals surface area contributed by atoms with Crippen LogP contribution >= 0.6 is 0 Å². The number of amides is 2. The number of hydrogen-bond donors (Lipinski definition) is 1. The van der Waals surface area contributed by atoms with E-state index in [1.54, 1.807) is 41.1 Å². The van der Waals surface area contributed by atoms with Crippen molar-refractivity contribution in [3.8, 4) is 17.3 Å². The van der Waals surface area contributed by atoms with Gasteiger partial charge in [-0.05, 0) is 24.5 Å². The number of nitriles is 1. The molecule has 1 atom stereocenters. The summed E-state index contributed by atoms with van der Waals surface area (Å²) in [5.74, 6) is 0.451. The van der Waals surface area contributed by atoms with Crippen LogP contribution in [0.3, 0.4) is 0 Å². The van der Waals surface area contributed by atoms with Gasteiger partial charge in [0, 0.05) is 31.3 Å². The Morgan fingerprint density at radius 1 is 1.34 bits per heavy atom. The lowest BCUT2D eigenvalue weighted by atomic mass is 10.0. The summed E-state index contributed by atoms with van der Waals surface area (Å²) in [5.41, 5.74) is 7.31. The van der Waals surface area contributed by atoms with Crippen molar-refractivity contribution >= 4 is 17.6 Å². The molecule has 1 aliphatic heterocycles. The number of rotatable bonds is 4. The third-order valence-electron chi connectivity index (χ3n) is 5.54. The van der Waals surface area contributed by atoms with E-state index in [9.17, 15) is 9.59 Å². The molecule has 4 rings (SSSR count). The van der Waals surface area contributed by atoms with E-state index < -0.39 is 6.04 Å². The van der Waals surface area contributed by atoms with Gasteiger partial charge >= 0.3 is 0 Å². The summed E-state index contributed by atoms with van der Waals surface area (Å²) in [6.45, 7) is 1.04. The van der Waals surface area contributed by atoms with Gasteiger partial charge in [0.1, 0.15) is 12.1 Å². The zero-order valence-corrected chi connectivity index (χ0v) is 16.2. The highest BCUT2D eigenvalue weighted by Crippen LogP contribution is 2.36. The number of nitrogen functional groups attached to an aromatic ring is 1. The molecule has 2 amide bonds. The Labute approximate surface area is 169 Å². The molecule has 2 N–H and O–H groups in total. The van der Waals surface area contributed by atoms with Crippen molar-refractivity contribution in [3.05, 3.63) is 41.7 Å². The summed E-state index contributed by atoms with van der Waals surface area (Å²) >= 11 is 0. The first-order chi connectivity index (χ1) is 14.0. The quantitative estimate of drug-likeness (QED) is 0.849. The fraction of sp³-hybridized carbons (Fsp3) is 0.381. The minimum absolute atomic E-state index is 0.00992. The minimum atomic E-state index is -0.404. The molecule has 2 heterocycles. The maximum absolute atomic E-state index is 13.3. The number of aromatic nitrogens is 2. The predicted molar refractivity (Wildman–Crippen MR) is 106 cm³/mol. The van der Waals surface area contributed by atoms with Crippen LogP contribution in [0.15, 0.2) is 30.5 Å². The lowest BCUT2D eigenvalue weighted by Crippen LogP contribution is -2.57. The molecule has 148 valence electrons. The second-order valence-electron chi connectivity index (χ2n) is 7.63. The van der Waals surface area contributed by atoms with E-state index >= 15 is 0 Å². The molecule has 29 heavy (non-hydrogen) atoms. The van der Waals surface area contributed by atoms with Gasteiger partial charge < -0.3 is 15.5 Å². The van der Waals surface area contributed by atoms with E-state index in [0.717, 1.165) is 19.3 Å². The molecule has 8 nitrogen and oxygen atoms in total. The fourth-order valence-electron chi connectivity index (χ4n) is 3.65. The van der Waals surface area contributed by atoms with Crippen LogP contribution in [0.4, 0.5) is 5.82 Å². The standard InChI is InChI=1S/C21H22N6O2/c1-26-7-8-27(18(21(26)29)9-13-5-6-13)20(28)15-4-2-3-14(10-15)17-12-24-19(23)16(11-22)25-17/h2-4,10,12-13,18H,5-9H2,1H3,(H2,23,24)/t18-/m1/s1. The molecular weight excluding hydrogens is 368 g/mol. The highest BCUT2D eigenvalue weighted by Gasteiger charge is 2.39. The van der Waals surface area contributed by atoms with Gasteiger partial charge in [0.25, 0.3) is 5.91 Å². The Morgan fingerprint density at radius 2 is 2.14 bits per heavy atom. The molecule has 2 fully saturated rings. The molecule has 0 bridgehead atoms. The smallest absolute Gasteiger partial charge is 0.254 e. The topological polar surface area (TPSA) is 116 Å². The highest BCUT2D eigenvalue weighted by molar-refractivity contribution is 5.99. The molecule has 0 radical (unpaired) electrons. The van der Waals surface area contributed by atoms with Crippen molar-refractivity contribution in [1.82, 2.24) is 19.8 Å². The van der Waals surface area contributed by atoms with Gasteiger partial charge in [-0.15, -0.1) is 0 Å². The molecule has 2 aliphatic rings. The fourth-order valence-corrected chi connectivity index (χ4v) is 3.65. The average Bonchev–Trinajstić information content (AvgIpc) is 3.56. The van der Waals surface area contributed by atoms with Crippen LogP contribution in [-0.2, 0) is 4.79 Å². The number of nitrogens with zero attached hydrogens (tertiary/aromatic N) is 5. The number of nitrogens with two attached hydrogens (primary N) is 1. The molecule has 1 saturated heterocycles. The minimum Gasteiger partial charge on any atom is -0.381 e. The maximum Gasteiger partial charge on any atom is 0.254 e. The second kappa shape index (κ2) is 7.51. The average molecular weight is 390 g/mol. The van der Waals surface area contributed by atoms with Crippen LogP contribution in [0.1, 0.15) is 35.3 Å². The largest absolute Gasteiger partial charge is 0.381 e. The molecule has 8 heteroatoms. The Balaban J connectivity index is 1.62. The van der Waals surface area contributed by atoms with E-state index in [2.05, 4.69) is 9.97 Å². The number of anilines is 1. The van der Waals surface area contributed by atoms with Crippen LogP contribution in [0, 0.1) is 17.2 Å². The number of likely N-dealkylation sites (N-methyl/N-ethyl adjacent to an activating group) is 1. The van der Waals surface area contributed by atoms with Gasteiger partial charge in [-0.3, -0.25) is 9.59 Å². The van der Waals surface area contributed by atoms with Crippen LogP contribution in [0.25, 0.3) is 11.3 Å². The molecule has 1 saturated carbocycles. The highest BCUT2D eigenvalue weighted by atomic mass is 16.2. The summed E-state index contributed by atoms with van der Waals surface area (Å²) in [6, 6.07) is 8.54. The van der Waals surface area contributed by atoms with E-state index in [-0.39, 0.29) is 23.3 Å². The summed E-state index contributed by atoms with van der Waals surface area (Å²) < 4.78 is 0. The number of carbonyl (C=O) groups excluding carboxylic acids is 2.